The van der Waals surface area contributed by atoms with Gasteiger partial charge in [0.1, 0.15) is 0 Å². The Balaban J connectivity index is 2.48. The third-order valence-corrected chi connectivity index (χ3v) is 2.93. The first-order chi connectivity index (χ1) is 9.24. The van der Waals surface area contributed by atoms with Gasteiger partial charge in [-0.3, -0.25) is 0 Å². The number of allylic oxidation sites excluding steroid dienone is 1. The van der Waals surface area contributed by atoms with Crippen molar-refractivity contribution in [2.75, 3.05) is 6.54 Å². The molecule has 98 valence electrons. The van der Waals surface area contributed by atoms with Gasteiger partial charge in [0.15, 0.2) is 0 Å². The summed E-state index contributed by atoms with van der Waals surface area (Å²) >= 11 is 0. The average molecular weight is 253 g/mol. The zero-order valence-corrected chi connectivity index (χ0v) is 11.3. The molecule has 1 aromatic rings. The van der Waals surface area contributed by atoms with E-state index in [2.05, 4.69) is 28.4 Å². The van der Waals surface area contributed by atoms with E-state index in [-0.39, 0.29) is 0 Å². The number of nitrogens with zero attached hydrogens (tertiary/aromatic N) is 3. The van der Waals surface area contributed by atoms with Crippen LogP contribution in [0.3, 0.4) is 0 Å². The molecule has 0 N–H and O–H groups in total. The van der Waals surface area contributed by atoms with E-state index < -0.39 is 0 Å². The van der Waals surface area contributed by atoms with Crippen molar-refractivity contribution in [1.29, 1.82) is 0 Å². The first-order valence-electron chi connectivity index (χ1n) is 6.44. The van der Waals surface area contributed by atoms with Gasteiger partial charge in [-0.05, 0) is 43.3 Å². The first kappa shape index (κ1) is 14.9. The Kier molecular flexibility index (Phi) is 6.94. The summed E-state index contributed by atoms with van der Waals surface area (Å²) in [4.78, 5) is 2.75. The van der Waals surface area contributed by atoms with Crippen LogP contribution in [-0.4, -0.2) is 6.54 Å². The summed E-state index contributed by atoms with van der Waals surface area (Å²) in [7, 11) is 0. The largest absolute Gasteiger partial charge is 0.0998 e. The number of rotatable bonds is 6. The van der Waals surface area contributed by atoms with Crippen molar-refractivity contribution < 1.29 is 0 Å². The van der Waals surface area contributed by atoms with Crippen LogP contribution < -0.4 is 0 Å². The topological polar surface area (TPSA) is 48.8 Å². The van der Waals surface area contributed by atoms with Crippen molar-refractivity contribution in [1.82, 2.24) is 0 Å². The monoisotopic (exact) mass is 253 g/mol. The molecule has 1 atom stereocenters. The molecule has 0 heterocycles. The highest BCUT2D eigenvalue weighted by Crippen LogP contribution is 2.18. The van der Waals surface area contributed by atoms with Crippen molar-refractivity contribution in [2.45, 2.75) is 26.2 Å². The first-order valence-corrected chi connectivity index (χ1v) is 6.44. The zero-order chi connectivity index (χ0) is 13.9. The van der Waals surface area contributed by atoms with Gasteiger partial charge in [-0.2, -0.15) is 0 Å². The summed E-state index contributed by atoms with van der Waals surface area (Å²) in [5.41, 5.74) is 10.4. The lowest BCUT2D eigenvalue weighted by Gasteiger charge is -2.12. The molecular formula is C16H19N3. The summed E-state index contributed by atoms with van der Waals surface area (Å²) in [6, 6.07) is 9.96. The molecule has 1 rings (SSSR count). The van der Waals surface area contributed by atoms with E-state index in [1.807, 2.05) is 37.3 Å². The summed E-state index contributed by atoms with van der Waals surface area (Å²) in [6.45, 7) is 6.59. The summed E-state index contributed by atoms with van der Waals surface area (Å²) in [5, 5.41) is 3.55. The highest BCUT2D eigenvalue weighted by atomic mass is 15.1. The lowest BCUT2D eigenvalue weighted by molar-refractivity contribution is 0.553. The van der Waals surface area contributed by atoms with E-state index in [4.69, 9.17) is 5.53 Å². The fourth-order valence-corrected chi connectivity index (χ4v) is 1.77. The molecule has 0 saturated carbocycles. The fraction of sp³-hybridized carbons (Fsp3) is 0.375. The third kappa shape index (κ3) is 6.35. The third-order valence-electron chi connectivity index (χ3n) is 2.93. The number of benzene rings is 1. The molecule has 0 aliphatic carbocycles. The van der Waals surface area contributed by atoms with E-state index >= 15 is 0 Å². The molecule has 1 unspecified atom stereocenters. The molecule has 0 aromatic heterocycles. The minimum absolute atomic E-state index is 0.380. The second kappa shape index (κ2) is 8.85. The predicted molar refractivity (Wildman–Crippen MR) is 79.5 cm³/mol. The number of hydrogen-bond donors (Lipinski definition) is 0. The van der Waals surface area contributed by atoms with Crippen LogP contribution in [0.2, 0.25) is 0 Å². The van der Waals surface area contributed by atoms with Crippen LogP contribution in [0.5, 0.6) is 0 Å². The van der Waals surface area contributed by atoms with Crippen molar-refractivity contribution in [3.63, 3.8) is 0 Å². The lowest BCUT2D eigenvalue weighted by Crippen LogP contribution is -2.01. The molecular weight excluding hydrogens is 234 g/mol. The van der Waals surface area contributed by atoms with Crippen molar-refractivity contribution in [2.24, 2.45) is 11.0 Å². The molecule has 0 spiro atoms. The average Bonchev–Trinajstić information content (AvgIpc) is 2.42. The zero-order valence-electron chi connectivity index (χ0n) is 11.3. The van der Waals surface area contributed by atoms with Gasteiger partial charge in [-0.15, -0.1) is 0 Å². The standard InChI is InChI=1S/C16H19N3/c1-14(2)16(12-7-13-18-19-17)11-6-10-15-8-4-3-5-9-15/h3-5,8-9,16H,1,7,11-13H2,2H3. The Hall–Kier alpha value is -2.17. The molecule has 19 heavy (non-hydrogen) atoms. The molecule has 0 aliphatic heterocycles. The quantitative estimate of drug-likeness (QED) is 0.176. The Morgan fingerprint density at radius 1 is 1.42 bits per heavy atom. The van der Waals surface area contributed by atoms with Crippen molar-refractivity contribution >= 4 is 0 Å². The van der Waals surface area contributed by atoms with E-state index in [0.717, 1.165) is 30.4 Å². The Morgan fingerprint density at radius 2 is 2.16 bits per heavy atom. The van der Waals surface area contributed by atoms with Gasteiger partial charge >= 0.3 is 0 Å². The maximum absolute atomic E-state index is 8.23. The molecule has 1 aromatic carbocycles. The Labute approximate surface area is 115 Å². The maximum atomic E-state index is 8.23. The van der Waals surface area contributed by atoms with Gasteiger partial charge in [0.25, 0.3) is 0 Å². The minimum Gasteiger partial charge on any atom is -0.0998 e. The summed E-state index contributed by atoms with van der Waals surface area (Å²) in [6.07, 6.45) is 2.66. The van der Waals surface area contributed by atoms with Gasteiger partial charge in [-0.1, -0.05) is 47.3 Å². The Morgan fingerprint density at radius 3 is 2.79 bits per heavy atom. The minimum atomic E-state index is 0.380. The molecule has 0 saturated heterocycles. The van der Waals surface area contributed by atoms with Crippen LogP contribution >= 0.6 is 0 Å². The van der Waals surface area contributed by atoms with Crippen LogP contribution in [0.15, 0.2) is 47.6 Å². The maximum Gasteiger partial charge on any atom is 0.0258 e. The van der Waals surface area contributed by atoms with Gasteiger partial charge in [0.05, 0.1) is 0 Å². The van der Waals surface area contributed by atoms with Gasteiger partial charge in [0, 0.05) is 23.4 Å². The highest BCUT2D eigenvalue weighted by molar-refractivity contribution is 5.33. The Bertz CT molecular complexity index is 502. The summed E-state index contributed by atoms with van der Waals surface area (Å²) in [5.74, 6) is 6.75. The molecule has 0 radical (unpaired) electrons. The normalized spacial score (nSPS) is 10.8. The number of hydrogen-bond acceptors (Lipinski definition) is 1. The van der Waals surface area contributed by atoms with Crippen LogP contribution in [0, 0.1) is 17.8 Å². The SMILES string of the molecule is C=C(C)C(CC#Cc1ccccc1)CCCN=[N+]=[N-]. The summed E-state index contributed by atoms with van der Waals surface area (Å²) < 4.78 is 0. The fourth-order valence-electron chi connectivity index (χ4n) is 1.77. The molecule has 0 amide bonds. The highest BCUT2D eigenvalue weighted by Gasteiger charge is 2.07. The van der Waals surface area contributed by atoms with E-state index in [1.165, 1.54) is 0 Å². The smallest absolute Gasteiger partial charge is 0.0258 e. The second-order valence-corrected chi connectivity index (χ2v) is 4.51. The van der Waals surface area contributed by atoms with Gasteiger partial charge in [-0.25, -0.2) is 0 Å². The van der Waals surface area contributed by atoms with E-state index in [9.17, 15) is 0 Å². The van der Waals surface area contributed by atoms with Crippen LogP contribution in [0.25, 0.3) is 10.4 Å². The predicted octanol–water partition coefficient (Wildman–Crippen LogP) is 4.71. The van der Waals surface area contributed by atoms with Crippen LogP contribution in [-0.2, 0) is 0 Å². The molecule has 0 bridgehead atoms. The molecule has 0 aliphatic rings. The second-order valence-electron chi connectivity index (χ2n) is 4.51. The molecule has 3 nitrogen and oxygen atoms in total. The van der Waals surface area contributed by atoms with Crippen molar-refractivity contribution in [3.8, 4) is 11.8 Å². The van der Waals surface area contributed by atoms with Crippen LogP contribution in [0.1, 0.15) is 31.7 Å². The van der Waals surface area contributed by atoms with Gasteiger partial charge < -0.3 is 0 Å². The molecule has 3 heteroatoms. The van der Waals surface area contributed by atoms with Crippen molar-refractivity contribution in [3.05, 3.63) is 58.5 Å². The lowest BCUT2D eigenvalue weighted by atomic mass is 9.93. The van der Waals surface area contributed by atoms with E-state index in [0.29, 0.717) is 12.5 Å². The molecule has 0 fully saturated rings. The van der Waals surface area contributed by atoms with E-state index in [1.54, 1.807) is 0 Å². The van der Waals surface area contributed by atoms with Gasteiger partial charge in [0.2, 0.25) is 0 Å². The number of azide groups is 1. The van der Waals surface area contributed by atoms with Crippen LogP contribution in [0.4, 0.5) is 0 Å².